The Morgan fingerprint density at radius 2 is 2.56 bits per heavy atom. The van der Waals surface area contributed by atoms with Crippen LogP contribution >= 0.6 is 11.3 Å². The van der Waals surface area contributed by atoms with Crippen LogP contribution in [0.5, 0.6) is 0 Å². The first kappa shape index (κ1) is 10.3. The molecule has 0 amide bonds. The van der Waals surface area contributed by atoms with Crippen LogP contribution in [-0.2, 0) is 4.74 Å². The molecule has 3 rings (SSSR count). The molecule has 0 spiro atoms. The van der Waals surface area contributed by atoms with Crippen LogP contribution in [-0.4, -0.2) is 29.1 Å². The van der Waals surface area contributed by atoms with Crippen molar-refractivity contribution >= 4 is 16.3 Å². The Labute approximate surface area is 98.3 Å². The molecule has 1 aliphatic rings. The van der Waals surface area contributed by atoms with Crippen molar-refractivity contribution in [1.82, 2.24) is 14.7 Å². The number of nitrogens with zero attached hydrogens (tertiary/aromatic N) is 2. The lowest BCUT2D eigenvalue weighted by atomic mass is 10.2. The van der Waals surface area contributed by atoms with Gasteiger partial charge in [-0.1, -0.05) is 0 Å². The summed E-state index contributed by atoms with van der Waals surface area (Å²) in [6, 6.07) is 0. The second-order valence-corrected chi connectivity index (χ2v) is 4.93. The van der Waals surface area contributed by atoms with Crippen molar-refractivity contribution in [1.29, 1.82) is 0 Å². The molecule has 1 atom stereocenters. The molecule has 1 saturated heterocycles. The van der Waals surface area contributed by atoms with Gasteiger partial charge >= 0.3 is 0 Å². The van der Waals surface area contributed by atoms with Crippen LogP contribution in [0.3, 0.4) is 0 Å². The van der Waals surface area contributed by atoms with Gasteiger partial charge in [0, 0.05) is 24.7 Å². The highest BCUT2D eigenvalue weighted by molar-refractivity contribution is 7.15. The molecule has 3 heterocycles. The molecule has 0 bridgehead atoms. The fourth-order valence-electron chi connectivity index (χ4n) is 2.19. The number of ether oxygens (including phenoxy) is 1. The van der Waals surface area contributed by atoms with E-state index in [1.807, 2.05) is 0 Å². The highest BCUT2D eigenvalue weighted by Crippen LogP contribution is 2.25. The van der Waals surface area contributed by atoms with Crippen molar-refractivity contribution in [2.75, 3.05) is 19.7 Å². The molecule has 2 aromatic heterocycles. The number of fused-ring (bicyclic) bond motifs is 1. The van der Waals surface area contributed by atoms with E-state index in [2.05, 4.69) is 33.2 Å². The smallest absolute Gasteiger partial charge is 0.194 e. The Bertz CT molecular complexity index is 482. The topological polar surface area (TPSA) is 38.6 Å². The second-order valence-electron chi connectivity index (χ2n) is 4.06. The number of aromatic nitrogens is 2. The summed E-state index contributed by atoms with van der Waals surface area (Å²) in [6.45, 7) is 4.81. The maximum absolute atomic E-state index is 5.89. The summed E-state index contributed by atoms with van der Waals surface area (Å²) < 4.78 is 8.04. The third-order valence-electron chi connectivity index (χ3n) is 2.93. The normalized spacial score (nSPS) is 22.4. The minimum Gasteiger partial charge on any atom is -0.371 e. The van der Waals surface area contributed by atoms with Crippen LogP contribution in [0.2, 0.25) is 0 Å². The molecule has 2 aromatic rings. The lowest BCUT2D eigenvalue weighted by Gasteiger charge is -2.15. The van der Waals surface area contributed by atoms with Gasteiger partial charge in [0.2, 0.25) is 0 Å². The SMILES string of the molecule is Cc1nc2sccn2c1C1CNCCCO1. The number of rotatable bonds is 1. The van der Waals surface area contributed by atoms with Crippen molar-refractivity contribution in [2.24, 2.45) is 0 Å². The van der Waals surface area contributed by atoms with E-state index < -0.39 is 0 Å². The van der Waals surface area contributed by atoms with E-state index in [1.165, 1.54) is 5.69 Å². The minimum atomic E-state index is 0.132. The van der Waals surface area contributed by atoms with E-state index >= 15 is 0 Å². The Morgan fingerprint density at radius 3 is 3.50 bits per heavy atom. The van der Waals surface area contributed by atoms with Crippen LogP contribution in [0.25, 0.3) is 4.96 Å². The first-order valence-electron chi connectivity index (χ1n) is 5.60. The summed E-state index contributed by atoms with van der Waals surface area (Å²) in [7, 11) is 0. The minimum absolute atomic E-state index is 0.132. The van der Waals surface area contributed by atoms with Crippen LogP contribution < -0.4 is 5.32 Å². The first-order valence-corrected chi connectivity index (χ1v) is 6.48. The van der Waals surface area contributed by atoms with Crippen molar-refractivity contribution < 1.29 is 4.74 Å². The molecule has 1 fully saturated rings. The van der Waals surface area contributed by atoms with Crippen molar-refractivity contribution in [3.63, 3.8) is 0 Å². The van der Waals surface area contributed by atoms with Crippen LogP contribution in [0.4, 0.5) is 0 Å². The lowest BCUT2D eigenvalue weighted by molar-refractivity contribution is 0.0629. The van der Waals surface area contributed by atoms with E-state index in [4.69, 9.17) is 4.74 Å². The molecule has 0 radical (unpaired) electrons. The predicted octanol–water partition coefficient (Wildman–Crippen LogP) is 1.76. The molecule has 4 nitrogen and oxygen atoms in total. The summed E-state index contributed by atoms with van der Waals surface area (Å²) in [5.74, 6) is 0. The van der Waals surface area contributed by atoms with E-state index in [-0.39, 0.29) is 6.10 Å². The molecular formula is C11H15N3OS. The first-order chi connectivity index (χ1) is 7.86. The Kier molecular flexibility index (Phi) is 2.67. The number of aryl methyl sites for hydroxylation is 1. The third-order valence-corrected chi connectivity index (χ3v) is 3.69. The van der Waals surface area contributed by atoms with Gasteiger partial charge in [-0.15, -0.1) is 11.3 Å². The van der Waals surface area contributed by atoms with E-state index in [9.17, 15) is 0 Å². The monoisotopic (exact) mass is 237 g/mol. The standard InChI is InChI=1S/C11H15N3OS/c1-8-10(9-7-12-3-2-5-15-9)14-4-6-16-11(14)13-8/h4,6,9,12H,2-3,5,7H2,1H3. The Morgan fingerprint density at radius 1 is 1.62 bits per heavy atom. The molecule has 16 heavy (non-hydrogen) atoms. The van der Waals surface area contributed by atoms with Gasteiger partial charge in [0.1, 0.15) is 6.10 Å². The maximum Gasteiger partial charge on any atom is 0.194 e. The van der Waals surface area contributed by atoms with Gasteiger partial charge in [-0.3, -0.25) is 4.40 Å². The average molecular weight is 237 g/mol. The quantitative estimate of drug-likeness (QED) is 0.821. The fraction of sp³-hybridized carbons (Fsp3) is 0.545. The Hall–Kier alpha value is -0.910. The molecule has 0 saturated carbocycles. The molecule has 1 unspecified atom stereocenters. The summed E-state index contributed by atoms with van der Waals surface area (Å²) >= 11 is 1.67. The third kappa shape index (κ3) is 1.65. The van der Waals surface area contributed by atoms with E-state index in [1.54, 1.807) is 11.3 Å². The van der Waals surface area contributed by atoms with E-state index in [0.29, 0.717) is 0 Å². The number of hydrogen-bond donors (Lipinski definition) is 1. The zero-order chi connectivity index (χ0) is 11.0. The van der Waals surface area contributed by atoms with Crippen molar-refractivity contribution in [3.8, 4) is 0 Å². The molecule has 1 N–H and O–H groups in total. The van der Waals surface area contributed by atoms with Gasteiger partial charge < -0.3 is 10.1 Å². The number of imidazole rings is 1. The summed E-state index contributed by atoms with van der Waals surface area (Å²) in [5, 5.41) is 5.47. The van der Waals surface area contributed by atoms with Crippen LogP contribution in [0, 0.1) is 6.92 Å². The zero-order valence-electron chi connectivity index (χ0n) is 9.27. The zero-order valence-corrected chi connectivity index (χ0v) is 10.1. The number of nitrogens with one attached hydrogen (secondary N) is 1. The molecule has 5 heteroatoms. The fourth-order valence-corrected chi connectivity index (χ4v) is 2.96. The summed E-state index contributed by atoms with van der Waals surface area (Å²) in [4.78, 5) is 5.61. The van der Waals surface area contributed by atoms with Gasteiger partial charge in [0.05, 0.1) is 11.4 Å². The van der Waals surface area contributed by atoms with Crippen molar-refractivity contribution in [2.45, 2.75) is 19.4 Å². The van der Waals surface area contributed by atoms with Gasteiger partial charge in [0.15, 0.2) is 4.96 Å². The molecular weight excluding hydrogens is 222 g/mol. The predicted molar refractivity (Wildman–Crippen MR) is 64.0 cm³/mol. The van der Waals surface area contributed by atoms with Gasteiger partial charge in [0.25, 0.3) is 0 Å². The molecule has 1 aliphatic heterocycles. The average Bonchev–Trinajstić information content (AvgIpc) is 2.70. The van der Waals surface area contributed by atoms with Gasteiger partial charge in [-0.25, -0.2) is 4.98 Å². The van der Waals surface area contributed by atoms with Crippen LogP contribution in [0.15, 0.2) is 11.6 Å². The summed E-state index contributed by atoms with van der Waals surface area (Å²) in [6.07, 6.45) is 3.29. The van der Waals surface area contributed by atoms with Gasteiger partial charge in [-0.05, 0) is 19.9 Å². The van der Waals surface area contributed by atoms with Crippen molar-refractivity contribution in [3.05, 3.63) is 23.0 Å². The largest absolute Gasteiger partial charge is 0.371 e. The van der Waals surface area contributed by atoms with E-state index in [0.717, 1.165) is 36.8 Å². The van der Waals surface area contributed by atoms with Gasteiger partial charge in [-0.2, -0.15) is 0 Å². The highest BCUT2D eigenvalue weighted by Gasteiger charge is 2.21. The summed E-state index contributed by atoms with van der Waals surface area (Å²) in [5.41, 5.74) is 2.28. The molecule has 0 aromatic carbocycles. The Balaban J connectivity index is 2.02. The molecule has 86 valence electrons. The molecule has 0 aliphatic carbocycles. The highest BCUT2D eigenvalue weighted by atomic mass is 32.1. The lowest BCUT2D eigenvalue weighted by Crippen LogP contribution is -2.21. The number of thiazole rings is 1. The number of hydrogen-bond acceptors (Lipinski definition) is 4. The maximum atomic E-state index is 5.89. The second kappa shape index (κ2) is 4.16. The van der Waals surface area contributed by atoms with Crippen LogP contribution in [0.1, 0.15) is 23.9 Å².